The molecule has 0 bridgehead atoms. The number of ether oxygens (including phenoxy) is 1. The van der Waals surface area contributed by atoms with Gasteiger partial charge in [0.15, 0.2) is 0 Å². The number of hydrogen-bond donors (Lipinski definition) is 3. The van der Waals surface area contributed by atoms with Crippen LogP contribution in [-0.2, 0) is 19.1 Å². The molecule has 0 spiro atoms. The van der Waals surface area contributed by atoms with Crippen LogP contribution < -0.4 is 11.5 Å². The summed E-state index contributed by atoms with van der Waals surface area (Å²) in [6.07, 6.45) is -0.348. The number of carboxylic acids is 1. The van der Waals surface area contributed by atoms with Gasteiger partial charge in [-0.3, -0.25) is 4.79 Å². The third kappa shape index (κ3) is 5.98. The third-order valence-electron chi connectivity index (χ3n) is 2.16. The van der Waals surface area contributed by atoms with Crippen LogP contribution >= 0.6 is 0 Å². The summed E-state index contributed by atoms with van der Waals surface area (Å²) >= 11 is 0. The quantitative estimate of drug-likeness (QED) is 0.414. The van der Waals surface area contributed by atoms with E-state index in [9.17, 15) is 14.4 Å². The fourth-order valence-electron chi connectivity index (χ4n) is 0.912. The van der Waals surface area contributed by atoms with Crippen LogP contribution in [0.3, 0.4) is 0 Å². The Labute approximate surface area is 99.1 Å². The smallest absolute Gasteiger partial charge is 0.330 e. The van der Waals surface area contributed by atoms with Crippen molar-refractivity contribution in [3.8, 4) is 0 Å². The van der Waals surface area contributed by atoms with E-state index in [1.54, 1.807) is 13.8 Å². The molecule has 2 unspecified atom stereocenters. The molecule has 0 rings (SSSR count). The van der Waals surface area contributed by atoms with Crippen LogP contribution in [0.5, 0.6) is 0 Å². The molecule has 0 aliphatic rings. The van der Waals surface area contributed by atoms with Gasteiger partial charge >= 0.3 is 17.9 Å². The van der Waals surface area contributed by atoms with Crippen LogP contribution in [0.25, 0.3) is 0 Å². The first-order valence-corrected chi connectivity index (χ1v) is 5.24. The Hall–Kier alpha value is -1.47. The van der Waals surface area contributed by atoms with Gasteiger partial charge in [-0.25, -0.2) is 9.59 Å². The van der Waals surface area contributed by atoms with Crippen molar-refractivity contribution in [3.63, 3.8) is 0 Å². The van der Waals surface area contributed by atoms with Crippen LogP contribution in [0.1, 0.15) is 26.7 Å². The van der Waals surface area contributed by atoms with Crippen molar-refractivity contribution >= 4 is 17.9 Å². The second kappa shape index (κ2) is 6.97. The van der Waals surface area contributed by atoms with Gasteiger partial charge in [0.1, 0.15) is 12.1 Å². The Morgan fingerprint density at radius 1 is 1.18 bits per heavy atom. The minimum Gasteiger partial charge on any atom is -0.481 e. The number of esters is 2. The van der Waals surface area contributed by atoms with Gasteiger partial charge in [-0.2, -0.15) is 0 Å². The molecule has 0 saturated heterocycles. The van der Waals surface area contributed by atoms with Crippen molar-refractivity contribution in [2.24, 2.45) is 17.4 Å². The molecule has 17 heavy (non-hydrogen) atoms. The molecule has 0 aromatic carbocycles. The second-order valence-corrected chi connectivity index (χ2v) is 4.05. The van der Waals surface area contributed by atoms with Gasteiger partial charge in [0.2, 0.25) is 0 Å². The van der Waals surface area contributed by atoms with E-state index in [2.05, 4.69) is 4.74 Å². The Morgan fingerprint density at radius 3 is 2.12 bits per heavy atom. The number of carbonyl (C=O) groups excluding carboxylic acids is 2. The first-order valence-electron chi connectivity index (χ1n) is 5.24. The maximum Gasteiger partial charge on any atom is 0.330 e. The highest BCUT2D eigenvalue weighted by Crippen LogP contribution is 2.03. The van der Waals surface area contributed by atoms with Gasteiger partial charge in [0.05, 0.1) is 0 Å². The van der Waals surface area contributed by atoms with Crippen molar-refractivity contribution in [1.29, 1.82) is 0 Å². The summed E-state index contributed by atoms with van der Waals surface area (Å²) in [6, 6.07) is -2.03. The lowest BCUT2D eigenvalue weighted by atomic mass is 10.1. The molecule has 2 atom stereocenters. The Balaban J connectivity index is 4.16. The van der Waals surface area contributed by atoms with E-state index >= 15 is 0 Å². The fraction of sp³-hybridized carbons (Fsp3) is 0.700. The monoisotopic (exact) mass is 246 g/mol. The highest BCUT2D eigenvalue weighted by Gasteiger charge is 2.25. The van der Waals surface area contributed by atoms with Crippen molar-refractivity contribution in [3.05, 3.63) is 0 Å². The number of carboxylic acid groups (broad SMARTS) is 1. The van der Waals surface area contributed by atoms with Gasteiger partial charge in [-0.1, -0.05) is 13.8 Å². The summed E-state index contributed by atoms with van der Waals surface area (Å²) in [5.74, 6) is -3.04. The lowest BCUT2D eigenvalue weighted by Crippen LogP contribution is -2.42. The number of hydrogen-bond acceptors (Lipinski definition) is 6. The molecular formula is C10H18N2O5. The van der Waals surface area contributed by atoms with Crippen molar-refractivity contribution in [2.75, 3.05) is 0 Å². The average Bonchev–Trinajstić information content (AvgIpc) is 2.24. The highest BCUT2D eigenvalue weighted by molar-refractivity contribution is 5.90. The molecule has 0 radical (unpaired) electrons. The molecule has 0 heterocycles. The Morgan fingerprint density at radius 2 is 1.71 bits per heavy atom. The molecule has 5 N–H and O–H groups in total. The third-order valence-corrected chi connectivity index (χ3v) is 2.16. The summed E-state index contributed by atoms with van der Waals surface area (Å²) in [4.78, 5) is 32.8. The zero-order chi connectivity index (χ0) is 13.6. The van der Waals surface area contributed by atoms with Crippen molar-refractivity contribution < 1.29 is 24.2 Å². The molecule has 7 nitrogen and oxygen atoms in total. The van der Waals surface area contributed by atoms with E-state index < -0.39 is 30.0 Å². The summed E-state index contributed by atoms with van der Waals surface area (Å²) in [5, 5.41) is 8.39. The normalized spacial score (nSPS) is 14.2. The van der Waals surface area contributed by atoms with Gasteiger partial charge in [0, 0.05) is 6.42 Å². The highest BCUT2D eigenvalue weighted by atomic mass is 16.6. The standard InChI is InChI=1S/C10H18N2O5/c1-5(2)8(12)10(16)17-9(15)6(11)3-4-7(13)14/h5-6,8H,3-4,11-12H2,1-2H3,(H,13,14). The van der Waals surface area contributed by atoms with Crippen LogP contribution in [-0.4, -0.2) is 35.1 Å². The lowest BCUT2D eigenvalue weighted by Gasteiger charge is -2.15. The van der Waals surface area contributed by atoms with Gasteiger partial charge < -0.3 is 21.3 Å². The van der Waals surface area contributed by atoms with Gasteiger partial charge in [0.25, 0.3) is 0 Å². The summed E-state index contributed by atoms with van der Waals surface area (Å²) < 4.78 is 4.45. The maximum atomic E-state index is 11.3. The zero-order valence-electron chi connectivity index (χ0n) is 9.88. The molecule has 0 fully saturated rings. The summed E-state index contributed by atoms with van der Waals surface area (Å²) in [5.41, 5.74) is 10.8. The van der Waals surface area contributed by atoms with Crippen LogP contribution in [0, 0.1) is 5.92 Å². The Bertz CT molecular complexity index is 303. The second-order valence-electron chi connectivity index (χ2n) is 4.05. The van der Waals surface area contributed by atoms with Gasteiger partial charge in [-0.15, -0.1) is 0 Å². The SMILES string of the molecule is CC(C)C(N)C(=O)OC(=O)C(N)CCC(=O)O. The molecule has 0 amide bonds. The van der Waals surface area contributed by atoms with Crippen molar-refractivity contribution in [1.82, 2.24) is 0 Å². The molecule has 7 heteroatoms. The molecule has 0 aromatic heterocycles. The number of carbonyl (C=O) groups is 3. The molecule has 0 saturated carbocycles. The van der Waals surface area contributed by atoms with E-state index in [4.69, 9.17) is 16.6 Å². The topological polar surface area (TPSA) is 133 Å². The van der Waals surface area contributed by atoms with E-state index in [1.807, 2.05) is 0 Å². The largest absolute Gasteiger partial charge is 0.481 e. The first-order chi connectivity index (χ1) is 7.75. The Kier molecular flexibility index (Phi) is 6.37. The lowest BCUT2D eigenvalue weighted by molar-refractivity contribution is -0.162. The number of nitrogens with two attached hydrogens (primary N) is 2. The van der Waals surface area contributed by atoms with Crippen LogP contribution in [0.15, 0.2) is 0 Å². The maximum absolute atomic E-state index is 11.3. The zero-order valence-corrected chi connectivity index (χ0v) is 9.88. The van der Waals surface area contributed by atoms with E-state index in [0.29, 0.717) is 0 Å². The number of rotatable bonds is 6. The first kappa shape index (κ1) is 15.5. The van der Waals surface area contributed by atoms with E-state index in [0.717, 1.165) is 0 Å². The fourth-order valence-corrected chi connectivity index (χ4v) is 0.912. The minimum absolute atomic E-state index is 0.0850. The van der Waals surface area contributed by atoms with E-state index in [1.165, 1.54) is 0 Å². The van der Waals surface area contributed by atoms with Crippen molar-refractivity contribution in [2.45, 2.75) is 38.8 Å². The van der Waals surface area contributed by atoms with Crippen LogP contribution in [0.4, 0.5) is 0 Å². The molecule has 0 aromatic rings. The number of aliphatic carboxylic acids is 1. The van der Waals surface area contributed by atoms with E-state index in [-0.39, 0.29) is 18.8 Å². The molecule has 0 aliphatic carbocycles. The van der Waals surface area contributed by atoms with Gasteiger partial charge in [-0.05, 0) is 12.3 Å². The minimum atomic E-state index is -1.13. The van der Waals surface area contributed by atoms with Crippen LogP contribution in [0.2, 0.25) is 0 Å². The molecular weight excluding hydrogens is 228 g/mol. The molecule has 0 aliphatic heterocycles. The predicted octanol–water partition coefficient (Wildman–Crippen LogP) is -0.768. The molecule has 98 valence electrons. The average molecular weight is 246 g/mol. The summed E-state index contributed by atoms with van der Waals surface area (Å²) in [6.45, 7) is 3.42. The summed E-state index contributed by atoms with van der Waals surface area (Å²) in [7, 11) is 0. The predicted molar refractivity (Wildman–Crippen MR) is 58.8 cm³/mol.